The van der Waals surface area contributed by atoms with Crippen LogP contribution in [0.5, 0.6) is 0 Å². The number of carbonyl (C=O) groups excluding carboxylic acids is 1. The van der Waals surface area contributed by atoms with Crippen LogP contribution in [0.3, 0.4) is 0 Å². The number of nitrogens with one attached hydrogen (secondary N) is 3. The van der Waals surface area contributed by atoms with Crippen LogP contribution in [0.4, 0.5) is 15.8 Å². The summed E-state index contributed by atoms with van der Waals surface area (Å²) in [5.41, 5.74) is 5.88. The first-order valence-electron chi connectivity index (χ1n) is 6.90. The fraction of sp³-hybridized carbons (Fsp3) is 0.333. The van der Waals surface area contributed by atoms with Crippen LogP contribution in [0.15, 0.2) is 12.1 Å². The van der Waals surface area contributed by atoms with Gasteiger partial charge in [0.1, 0.15) is 17.9 Å². The van der Waals surface area contributed by atoms with E-state index in [4.69, 9.17) is 33.4 Å². The summed E-state index contributed by atoms with van der Waals surface area (Å²) in [5, 5.41) is 22.0. The minimum Gasteiger partial charge on any atom is -0.382 e. The number of nitrogens with two attached hydrogens (primary N) is 1. The summed E-state index contributed by atoms with van der Waals surface area (Å²) in [6, 6.07) is 3.28. The Morgan fingerprint density at radius 3 is 2.71 bits per heavy atom. The molecule has 0 aromatic heterocycles. The lowest BCUT2D eigenvalue weighted by molar-refractivity contribution is -0.119. The molecule has 1 aromatic carbocycles. The molecule has 5 N–H and O–H groups in total. The number of amides is 1. The highest BCUT2D eigenvalue weighted by Crippen LogP contribution is 2.25. The monoisotopic (exact) mass is 351 g/mol. The van der Waals surface area contributed by atoms with Crippen LogP contribution in [0.25, 0.3) is 0 Å². The topological polar surface area (TPSA) is 124 Å². The number of hydrogen-bond acceptors (Lipinski definition) is 6. The minimum atomic E-state index is -0.930. The molecule has 0 heterocycles. The van der Waals surface area contributed by atoms with Crippen molar-refractivity contribution in [1.29, 1.82) is 10.7 Å². The third kappa shape index (κ3) is 5.57. The molecule has 1 amide bonds. The summed E-state index contributed by atoms with van der Waals surface area (Å²) >= 11 is 5.10. The van der Waals surface area contributed by atoms with Crippen molar-refractivity contribution in [2.75, 3.05) is 24.4 Å². The lowest BCUT2D eigenvalue weighted by Gasteiger charge is -2.18. The molecule has 0 saturated carbocycles. The third-order valence-electron chi connectivity index (χ3n) is 2.93. The van der Waals surface area contributed by atoms with Crippen LogP contribution in [0.1, 0.15) is 18.9 Å². The summed E-state index contributed by atoms with van der Waals surface area (Å²) in [6.07, 6.45) is 0.216. The number of primary amides is 1. The van der Waals surface area contributed by atoms with Crippen LogP contribution in [-0.2, 0) is 9.53 Å². The Kier molecular flexibility index (Phi) is 7.23. The highest BCUT2D eigenvalue weighted by atomic mass is 32.1. The van der Waals surface area contributed by atoms with Crippen LogP contribution in [0, 0.1) is 22.6 Å². The maximum Gasteiger partial charge on any atom is 0.242 e. The van der Waals surface area contributed by atoms with E-state index >= 15 is 0 Å². The summed E-state index contributed by atoms with van der Waals surface area (Å²) in [4.78, 5) is 11.7. The number of halogens is 1. The number of anilines is 2. The smallest absolute Gasteiger partial charge is 0.242 e. The molecule has 0 aliphatic carbocycles. The molecule has 0 aliphatic heterocycles. The van der Waals surface area contributed by atoms with E-state index < -0.39 is 17.8 Å². The largest absolute Gasteiger partial charge is 0.382 e. The fourth-order valence-electron chi connectivity index (χ4n) is 1.86. The number of hydrogen-bond donors (Lipinski definition) is 4. The molecule has 0 fully saturated rings. The van der Waals surface area contributed by atoms with E-state index in [1.807, 2.05) is 6.07 Å². The Morgan fingerprint density at radius 1 is 1.54 bits per heavy atom. The van der Waals surface area contributed by atoms with E-state index in [0.29, 0.717) is 10.7 Å². The first-order chi connectivity index (χ1) is 11.3. The van der Waals surface area contributed by atoms with E-state index in [2.05, 4.69) is 10.6 Å². The standard InChI is InChI=1S/C15H18FN5O2S/c1-8(18)3-14(24)21-11-5-12(10(16)4-9(11)6-17)20-13(7-23-2)15(19)22/h4-5,13,18,20H,3,7H2,1-2H3,(H2,19,22)(H,21,24). The van der Waals surface area contributed by atoms with Crippen LogP contribution < -0.4 is 16.4 Å². The van der Waals surface area contributed by atoms with Gasteiger partial charge in [0.15, 0.2) is 0 Å². The van der Waals surface area contributed by atoms with Gasteiger partial charge in [-0.2, -0.15) is 5.26 Å². The molecule has 0 saturated heterocycles. The van der Waals surface area contributed by atoms with E-state index in [0.717, 1.165) is 6.07 Å². The normalized spacial score (nSPS) is 11.2. The fourth-order valence-corrected chi connectivity index (χ4v) is 2.19. The minimum absolute atomic E-state index is 0.0216. The quantitative estimate of drug-likeness (QED) is 0.418. The predicted octanol–water partition coefficient (Wildman–Crippen LogP) is 1.78. The number of nitrogens with zero attached hydrogens (tertiary/aromatic N) is 1. The summed E-state index contributed by atoms with van der Waals surface area (Å²) in [5.74, 6) is -1.42. The zero-order chi connectivity index (χ0) is 18.3. The molecule has 24 heavy (non-hydrogen) atoms. The average Bonchev–Trinajstić information content (AvgIpc) is 2.48. The van der Waals surface area contributed by atoms with Gasteiger partial charge >= 0.3 is 0 Å². The van der Waals surface area contributed by atoms with Crippen LogP contribution in [0.2, 0.25) is 0 Å². The number of carbonyl (C=O) groups is 1. The third-order valence-corrected chi connectivity index (χ3v) is 3.18. The first-order valence-corrected chi connectivity index (χ1v) is 7.31. The number of methoxy groups -OCH3 is 1. The van der Waals surface area contributed by atoms with Gasteiger partial charge in [0, 0.05) is 19.2 Å². The number of rotatable bonds is 8. The second-order valence-corrected chi connectivity index (χ2v) is 5.54. The van der Waals surface area contributed by atoms with Crippen molar-refractivity contribution in [2.45, 2.75) is 19.4 Å². The van der Waals surface area contributed by atoms with E-state index in [-0.39, 0.29) is 30.0 Å². The molecular formula is C15H18FN5O2S. The Hall–Kier alpha value is -2.57. The molecular weight excluding hydrogens is 333 g/mol. The first kappa shape index (κ1) is 19.5. The highest BCUT2D eigenvalue weighted by molar-refractivity contribution is 7.80. The van der Waals surface area contributed by atoms with Crippen LogP contribution >= 0.6 is 12.2 Å². The van der Waals surface area contributed by atoms with Crippen molar-refractivity contribution in [3.63, 3.8) is 0 Å². The molecule has 1 atom stereocenters. The molecule has 1 unspecified atom stereocenters. The van der Waals surface area contributed by atoms with Crippen molar-refractivity contribution >= 4 is 40.2 Å². The lowest BCUT2D eigenvalue weighted by Crippen LogP contribution is -2.39. The molecule has 0 spiro atoms. The highest BCUT2D eigenvalue weighted by Gasteiger charge is 2.18. The van der Waals surface area contributed by atoms with E-state index in [1.165, 1.54) is 13.2 Å². The van der Waals surface area contributed by atoms with Gasteiger partial charge in [0.25, 0.3) is 0 Å². The molecule has 1 rings (SSSR count). The SMILES string of the molecule is COCC(Nc1cc(NC(=S)CC(C)=N)c(C#N)cc1F)C(N)=O. The number of benzene rings is 1. The van der Waals surface area contributed by atoms with Crippen molar-refractivity contribution in [2.24, 2.45) is 5.73 Å². The van der Waals surface area contributed by atoms with Crippen molar-refractivity contribution in [1.82, 2.24) is 0 Å². The average molecular weight is 351 g/mol. The van der Waals surface area contributed by atoms with Crippen molar-refractivity contribution < 1.29 is 13.9 Å². The zero-order valence-electron chi connectivity index (χ0n) is 13.3. The molecule has 1 aromatic rings. The molecule has 0 radical (unpaired) electrons. The summed E-state index contributed by atoms with van der Waals surface area (Å²) in [6.45, 7) is 1.56. The molecule has 9 heteroatoms. The van der Waals surface area contributed by atoms with Gasteiger partial charge in [-0.1, -0.05) is 12.2 Å². The second-order valence-electron chi connectivity index (χ2n) is 5.05. The second kappa shape index (κ2) is 8.90. The van der Waals surface area contributed by atoms with Gasteiger partial charge in [-0.25, -0.2) is 4.39 Å². The Balaban J connectivity index is 3.12. The molecule has 7 nitrogen and oxygen atoms in total. The number of thiocarbonyl (C=S) groups is 1. The van der Waals surface area contributed by atoms with Crippen molar-refractivity contribution in [3.05, 3.63) is 23.5 Å². The van der Waals surface area contributed by atoms with Gasteiger partial charge in [-0.05, 0) is 19.1 Å². The zero-order valence-corrected chi connectivity index (χ0v) is 14.1. The van der Waals surface area contributed by atoms with E-state index in [9.17, 15) is 9.18 Å². The Bertz CT molecular complexity index is 702. The summed E-state index contributed by atoms with van der Waals surface area (Å²) < 4.78 is 19.0. The Labute approximate surface area is 144 Å². The maximum absolute atomic E-state index is 14.1. The van der Waals surface area contributed by atoms with Gasteiger partial charge in [-0.3, -0.25) is 4.79 Å². The van der Waals surface area contributed by atoms with Gasteiger partial charge in [0.05, 0.1) is 28.5 Å². The molecule has 0 bridgehead atoms. The number of nitriles is 1. The van der Waals surface area contributed by atoms with E-state index in [1.54, 1.807) is 6.92 Å². The van der Waals surface area contributed by atoms with Gasteiger partial charge in [-0.15, -0.1) is 0 Å². The predicted molar refractivity (Wildman–Crippen MR) is 93.8 cm³/mol. The molecule has 128 valence electrons. The maximum atomic E-state index is 14.1. The Morgan fingerprint density at radius 2 is 2.21 bits per heavy atom. The lowest BCUT2D eigenvalue weighted by atomic mass is 10.1. The number of ether oxygens (including phenoxy) is 1. The van der Waals surface area contributed by atoms with Gasteiger partial charge in [0.2, 0.25) is 5.91 Å². The summed E-state index contributed by atoms with van der Waals surface area (Å²) in [7, 11) is 1.39. The van der Waals surface area contributed by atoms with Crippen molar-refractivity contribution in [3.8, 4) is 6.07 Å². The molecule has 0 aliphatic rings. The van der Waals surface area contributed by atoms with Crippen LogP contribution in [-0.4, -0.2) is 36.4 Å². The van der Waals surface area contributed by atoms with Gasteiger partial charge < -0.3 is 26.5 Å².